The highest BCUT2D eigenvalue weighted by atomic mass is 16.5. The lowest BCUT2D eigenvalue weighted by molar-refractivity contribution is -0.138. The molecular weight excluding hydrogens is 418 g/mol. The third kappa shape index (κ3) is 5.47. The molecule has 33 heavy (non-hydrogen) atoms. The first kappa shape index (κ1) is 23.1. The molecule has 2 aliphatic rings. The number of anilines is 1. The Labute approximate surface area is 195 Å². The van der Waals surface area contributed by atoms with Gasteiger partial charge in [0.05, 0.1) is 14.2 Å². The summed E-state index contributed by atoms with van der Waals surface area (Å²) < 4.78 is 10.9. The van der Waals surface area contributed by atoms with Crippen LogP contribution in [0.2, 0.25) is 0 Å². The molecule has 0 unspecified atom stereocenters. The topological polar surface area (TPSA) is 62.3 Å². The number of hydrogen-bond acceptors (Lipinski definition) is 6. The average molecular weight is 452 g/mol. The molecule has 0 atom stereocenters. The van der Waals surface area contributed by atoms with E-state index in [9.17, 15) is 9.59 Å². The van der Waals surface area contributed by atoms with Gasteiger partial charge in [0.25, 0.3) is 0 Å². The summed E-state index contributed by atoms with van der Waals surface area (Å²) in [5.41, 5.74) is 2.91. The summed E-state index contributed by atoms with van der Waals surface area (Å²) in [5.74, 6) is 2.08. The molecule has 7 heteroatoms. The standard InChI is InChI=1S/C26H33N3O4/c1-32-24-7-8-25(33-2)22(17-24)18-27-13-15-29(16-14-27)26(31)21-9-11-28(12-10-21)23-5-3-20(19-30)4-6-23/h3-8,17,19,21H,9-16,18H2,1-2H3. The van der Waals surface area contributed by atoms with E-state index in [1.54, 1.807) is 14.2 Å². The van der Waals surface area contributed by atoms with Crippen molar-refractivity contribution in [2.75, 3.05) is 58.4 Å². The monoisotopic (exact) mass is 451 g/mol. The van der Waals surface area contributed by atoms with E-state index in [0.29, 0.717) is 11.5 Å². The number of carbonyl (C=O) groups is 2. The molecule has 0 spiro atoms. The number of rotatable bonds is 7. The van der Waals surface area contributed by atoms with E-state index in [4.69, 9.17) is 9.47 Å². The SMILES string of the molecule is COc1ccc(OC)c(CN2CCN(C(=O)C3CCN(c4ccc(C=O)cc4)CC3)CC2)c1. The first-order valence-corrected chi connectivity index (χ1v) is 11.6. The number of aldehydes is 1. The molecular formula is C26H33N3O4. The molecule has 2 aromatic rings. The van der Waals surface area contributed by atoms with Crippen LogP contribution in [0.4, 0.5) is 5.69 Å². The van der Waals surface area contributed by atoms with Crippen molar-refractivity contribution in [2.24, 2.45) is 5.92 Å². The lowest BCUT2D eigenvalue weighted by Crippen LogP contribution is -2.51. The minimum Gasteiger partial charge on any atom is -0.497 e. The predicted molar refractivity (Wildman–Crippen MR) is 128 cm³/mol. The normalized spacial score (nSPS) is 17.6. The Balaban J connectivity index is 1.26. The fraction of sp³-hybridized carbons (Fsp3) is 0.462. The van der Waals surface area contributed by atoms with Gasteiger partial charge in [-0.15, -0.1) is 0 Å². The lowest BCUT2D eigenvalue weighted by atomic mass is 9.94. The zero-order chi connectivity index (χ0) is 23.2. The maximum absolute atomic E-state index is 13.1. The molecule has 0 aromatic heterocycles. The molecule has 0 saturated carbocycles. The Morgan fingerprint density at radius 2 is 1.64 bits per heavy atom. The number of methoxy groups -OCH3 is 2. The van der Waals surface area contributed by atoms with Crippen LogP contribution < -0.4 is 14.4 Å². The zero-order valence-electron chi connectivity index (χ0n) is 19.5. The van der Waals surface area contributed by atoms with Gasteiger partial charge in [0, 0.05) is 68.5 Å². The van der Waals surface area contributed by atoms with E-state index in [1.165, 1.54) is 0 Å². The van der Waals surface area contributed by atoms with Gasteiger partial charge in [0.2, 0.25) is 5.91 Å². The minimum atomic E-state index is 0.0977. The molecule has 0 bridgehead atoms. The van der Waals surface area contributed by atoms with Crippen LogP contribution >= 0.6 is 0 Å². The molecule has 176 valence electrons. The number of piperidine rings is 1. The van der Waals surface area contributed by atoms with Gasteiger partial charge in [-0.05, 0) is 55.3 Å². The molecule has 7 nitrogen and oxygen atoms in total. The van der Waals surface area contributed by atoms with Gasteiger partial charge in [-0.25, -0.2) is 0 Å². The minimum absolute atomic E-state index is 0.0977. The fourth-order valence-corrected chi connectivity index (χ4v) is 4.78. The van der Waals surface area contributed by atoms with Crippen molar-refractivity contribution in [3.05, 3.63) is 53.6 Å². The van der Waals surface area contributed by atoms with Crippen LogP contribution in [0.25, 0.3) is 0 Å². The molecule has 0 N–H and O–H groups in total. The number of nitrogens with zero attached hydrogens (tertiary/aromatic N) is 3. The molecule has 2 heterocycles. The van der Waals surface area contributed by atoms with Gasteiger partial charge in [-0.2, -0.15) is 0 Å². The van der Waals surface area contributed by atoms with Gasteiger partial charge in [-0.1, -0.05) is 0 Å². The second kappa shape index (κ2) is 10.7. The first-order valence-electron chi connectivity index (χ1n) is 11.6. The smallest absolute Gasteiger partial charge is 0.225 e. The van der Waals surface area contributed by atoms with Crippen LogP contribution in [0.15, 0.2) is 42.5 Å². The number of amides is 1. The zero-order valence-corrected chi connectivity index (χ0v) is 19.5. The maximum Gasteiger partial charge on any atom is 0.225 e. The molecule has 2 aliphatic heterocycles. The molecule has 2 aromatic carbocycles. The summed E-state index contributed by atoms with van der Waals surface area (Å²) in [6.07, 6.45) is 2.60. The van der Waals surface area contributed by atoms with Crippen molar-refractivity contribution in [2.45, 2.75) is 19.4 Å². The van der Waals surface area contributed by atoms with E-state index in [1.807, 2.05) is 47.4 Å². The van der Waals surface area contributed by atoms with Gasteiger partial charge in [-0.3, -0.25) is 14.5 Å². The third-order valence-electron chi connectivity index (χ3n) is 6.80. The second-order valence-corrected chi connectivity index (χ2v) is 8.75. The highest BCUT2D eigenvalue weighted by Crippen LogP contribution is 2.27. The summed E-state index contributed by atoms with van der Waals surface area (Å²) in [6.45, 7) is 5.75. The average Bonchev–Trinajstić information content (AvgIpc) is 2.89. The molecule has 4 rings (SSSR count). The van der Waals surface area contributed by atoms with Gasteiger partial charge >= 0.3 is 0 Å². The Kier molecular flexibility index (Phi) is 7.50. The predicted octanol–water partition coefficient (Wildman–Crippen LogP) is 3.08. The Morgan fingerprint density at radius 3 is 2.24 bits per heavy atom. The fourth-order valence-electron chi connectivity index (χ4n) is 4.78. The lowest BCUT2D eigenvalue weighted by Gasteiger charge is -2.39. The summed E-state index contributed by atoms with van der Waals surface area (Å²) in [7, 11) is 3.36. The van der Waals surface area contributed by atoms with Crippen LogP contribution in [0.3, 0.4) is 0 Å². The van der Waals surface area contributed by atoms with Crippen molar-refractivity contribution in [3.8, 4) is 11.5 Å². The number of hydrogen-bond donors (Lipinski definition) is 0. The Hall–Kier alpha value is -3.06. The van der Waals surface area contributed by atoms with Crippen LogP contribution in [0.1, 0.15) is 28.8 Å². The van der Waals surface area contributed by atoms with Crippen LogP contribution in [-0.4, -0.2) is 75.5 Å². The highest BCUT2D eigenvalue weighted by Gasteiger charge is 2.30. The van der Waals surface area contributed by atoms with Gasteiger partial charge < -0.3 is 19.3 Å². The van der Waals surface area contributed by atoms with Crippen LogP contribution in [0.5, 0.6) is 11.5 Å². The van der Waals surface area contributed by atoms with Gasteiger partial charge in [0.15, 0.2) is 0 Å². The maximum atomic E-state index is 13.1. The van der Waals surface area contributed by atoms with E-state index in [0.717, 1.165) is 87.7 Å². The molecule has 0 radical (unpaired) electrons. The van der Waals surface area contributed by atoms with Crippen LogP contribution in [-0.2, 0) is 11.3 Å². The van der Waals surface area contributed by atoms with Crippen molar-refractivity contribution in [1.82, 2.24) is 9.80 Å². The van der Waals surface area contributed by atoms with E-state index in [-0.39, 0.29) is 5.92 Å². The number of ether oxygens (including phenoxy) is 2. The van der Waals surface area contributed by atoms with E-state index in [2.05, 4.69) is 9.80 Å². The summed E-state index contributed by atoms with van der Waals surface area (Å²) in [6, 6.07) is 13.5. The number of benzene rings is 2. The number of carbonyl (C=O) groups excluding carboxylic acids is 2. The first-order chi connectivity index (χ1) is 16.1. The van der Waals surface area contributed by atoms with Crippen molar-refractivity contribution in [1.29, 1.82) is 0 Å². The Bertz CT molecular complexity index is 947. The summed E-state index contributed by atoms with van der Waals surface area (Å²) >= 11 is 0. The molecule has 2 saturated heterocycles. The quantitative estimate of drug-likeness (QED) is 0.603. The van der Waals surface area contributed by atoms with Crippen molar-refractivity contribution >= 4 is 17.9 Å². The molecule has 2 fully saturated rings. The summed E-state index contributed by atoms with van der Waals surface area (Å²) in [5, 5.41) is 0. The second-order valence-electron chi connectivity index (χ2n) is 8.75. The number of piperazine rings is 1. The van der Waals surface area contributed by atoms with Crippen LogP contribution in [0, 0.1) is 5.92 Å². The largest absolute Gasteiger partial charge is 0.497 e. The molecule has 1 amide bonds. The van der Waals surface area contributed by atoms with Gasteiger partial charge in [0.1, 0.15) is 17.8 Å². The van der Waals surface area contributed by atoms with E-state index >= 15 is 0 Å². The van der Waals surface area contributed by atoms with Crippen molar-refractivity contribution in [3.63, 3.8) is 0 Å². The van der Waals surface area contributed by atoms with E-state index < -0.39 is 0 Å². The van der Waals surface area contributed by atoms with Crippen molar-refractivity contribution < 1.29 is 19.1 Å². The molecule has 0 aliphatic carbocycles. The summed E-state index contributed by atoms with van der Waals surface area (Å²) in [4.78, 5) is 30.7. The Morgan fingerprint density at radius 1 is 0.939 bits per heavy atom. The highest BCUT2D eigenvalue weighted by molar-refractivity contribution is 5.79. The third-order valence-corrected chi connectivity index (χ3v) is 6.80.